The summed E-state index contributed by atoms with van der Waals surface area (Å²) in [5, 5.41) is 3.24. The van der Waals surface area contributed by atoms with Crippen molar-refractivity contribution in [3.8, 4) is 0 Å². The van der Waals surface area contributed by atoms with Crippen LogP contribution in [0.1, 0.15) is 44.6 Å². The van der Waals surface area contributed by atoms with E-state index < -0.39 is 0 Å². The third-order valence-electron chi connectivity index (χ3n) is 4.46. The highest BCUT2D eigenvalue weighted by molar-refractivity contribution is 7.99. The van der Waals surface area contributed by atoms with E-state index in [9.17, 15) is 4.79 Å². The van der Waals surface area contributed by atoms with Crippen LogP contribution in [-0.4, -0.2) is 30.3 Å². The number of nitrogens with zero attached hydrogens (tertiary/aromatic N) is 5. The summed E-state index contributed by atoms with van der Waals surface area (Å²) in [6, 6.07) is 3.93. The van der Waals surface area contributed by atoms with Gasteiger partial charge in [-0.2, -0.15) is 4.98 Å². The fraction of sp³-hybridized carbons (Fsp3) is 0.421. The summed E-state index contributed by atoms with van der Waals surface area (Å²) >= 11 is 7.76. The van der Waals surface area contributed by atoms with Crippen molar-refractivity contribution in [3.63, 3.8) is 0 Å². The third kappa shape index (κ3) is 4.28. The Labute approximate surface area is 173 Å². The number of aromatic nitrogens is 5. The molecule has 1 N–H and O–H groups in total. The lowest BCUT2D eigenvalue weighted by molar-refractivity contribution is 0.526. The van der Waals surface area contributed by atoms with Gasteiger partial charge in [-0.15, -0.1) is 11.8 Å². The summed E-state index contributed by atoms with van der Waals surface area (Å²) in [5.41, 5.74) is 2.26. The molecule has 0 saturated carbocycles. The summed E-state index contributed by atoms with van der Waals surface area (Å²) in [5.74, 6) is 1.26. The van der Waals surface area contributed by atoms with Crippen molar-refractivity contribution < 1.29 is 0 Å². The van der Waals surface area contributed by atoms with Gasteiger partial charge in [0.15, 0.2) is 11.5 Å². The van der Waals surface area contributed by atoms with Crippen LogP contribution >= 0.6 is 23.4 Å². The predicted octanol–water partition coefficient (Wildman–Crippen LogP) is 4.24. The Morgan fingerprint density at radius 3 is 2.68 bits per heavy atom. The van der Waals surface area contributed by atoms with E-state index in [1.54, 1.807) is 16.3 Å². The molecule has 0 spiro atoms. The Morgan fingerprint density at radius 1 is 1.25 bits per heavy atom. The molecule has 0 bridgehead atoms. The second-order valence-electron chi connectivity index (χ2n) is 6.41. The number of thioether (sulfide) groups is 1. The lowest BCUT2D eigenvalue weighted by Crippen LogP contribution is -2.28. The highest BCUT2D eigenvalue weighted by atomic mass is 35.5. The van der Waals surface area contributed by atoms with Crippen molar-refractivity contribution in [1.29, 1.82) is 0 Å². The second-order valence-corrected chi connectivity index (χ2v) is 8.09. The van der Waals surface area contributed by atoms with Crippen LogP contribution in [0.4, 0.5) is 5.82 Å². The molecule has 9 heteroatoms. The molecule has 0 aliphatic heterocycles. The van der Waals surface area contributed by atoms with Gasteiger partial charge in [0.2, 0.25) is 5.28 Å². The summed E-state index contributed by atoms with van der Waals surface area (Å²) in [6.07, 6.45) is 2.62. The SMILES string of the molecule is CCSc1ccc(CNc2nc3c(C)nc(Cl)nc3n([C@H](C)CC)c2=O)nc1. The average molecular weight is 419 g/mol. The molecule has 0 unspecified atom stereocenters. The van der Waals surface area contributed by atoms with Gasteiger partial charge in [-0.25, -0.2) is 9.97 Å². The molecule has 0 amide bonds. The number of pyridine rings is 1. The van der Waals surface area contributed by atoms with E-state index >= 15 is 0 Å². The molecule has 28 heavy (non-hydrogen) atoms. The molecular weight excluding hydrogens is 396 g/mol. The molecule has 0 aliphatic rings. The summed E-state index contributed by atoms with van der Waals surface area (Å²) in [7, 11) is 0. The van der Waals surface area contributed by atoms with Gasteiger partial charge in [-0.1, -0.05) is 13.8 Å². The molecule has 3 heterocycles. The number of halogens is 1. The summed E-state index contributed by atoms with van der Waals surface area (Å²) in [6.45, 7) is 8.31. The molecule has 1 atom stereocenters. The van der Waals surface area contributed by atoms with Crippen LogP contribution in [0, 0.1) is 6.92 Å². The Balaban J connectivity index is 1.99. The molecule has 3 aromatic heterocycles. The van der Waals surface area contributed by atoms with E-state index in [-0.39, 0.29) is 22.7 Å². The van der Waals surface area contributed by atoms with Crippen LogP contribution in [-0.2, 0) is 6.54 Å². The zero-order valence-electron chi connectivity index (χ0n) is 16.4. The quantitative estimate of drug-likeness (QED) is 0.453. The first-order valence-corrected chi connectivity index (χ1v) is 10.6. The first-order chi connectivity index (χ1) is 13.4. The molecule has 0 aliphatic carbocycles. The first kappa shape index (κ1) is 20.5. The third-order valence-corrected chi connectivity index (χ3v) is 5.50. The number of fused-ring (bicyclic) bond motifs is 1. The number of nitrogens with one attached hydrogen (secondary N) is 1. The fourth-order valence-electron chi connectivity index (χ4n) is 2.84. The van der Waals surface area contributed by atoms with Gasteiger partial charge in [0, 0.05) is 17.1 Å². The van der Waals surface area contributed by atoms with Gasteiger partial charge in [0.25, 0.3) is 5.56 Å². The maximum Gasteiger partial charge on any atom is 0.295 e. The van der Waals surface area contributed by atoms with Gasteiger partial charge in [-0.3, -0.25) is 14.3 Å². The van der Waals surface area contributed by atoms with E-state index in [0.717, 1.165) is 22.8 Å². The van der Waals surface area contributed by atoms with Crippen molar-refractivity contribution in [2.24, 2.45) is 0 Å². The number of rotatable bonds is 7. The molecule has 7 nitrogen and oxygen atoms in total. The van der Waals surface area contributed by atoms with Crippen molar-refractivity contribution in [1.82, 2.24) is 24.5 Å². The number of anilines is 1. The van der Waals surface area contributed by atoms with Gasteiger partial charge < -0.3 is 5.32 Å². The van der Waals surface area contributed by atoms with Gasteiger partial charge in [0.1, 0.15) is 5.52 Å². The zero-order valence-corrected chi connectivity index (χ0v) is 17.9. The minimum atomic E-state index is -0.228. The van der Waals surface area contributed by atoms with E-state index in [1.807, 2.05) is 39.1 Å². The fourth-order valence-corrected chi connectivity index (χ4v) is 3.67. The Hall–Kier alpha value is -2.19. The monoisotopic (exact) mass is 418 g/mol. The molecule has 0 aromatic carbocycles. The molecule has 0 saturated heterocycles. The smallest absolute Gasteiger partial charge is 0.295 e. The van der Waals surface area contributed by atoms with Crippen LogP contribution in [0.5, 0.6) is 0 Å². The maximum absolute atomic E-state index is 13.1. The maximum atomic E-state index is 13.1. The lowest BCUT2D eigenvalue weighted by Gasteiger charge is -2.17. The van der Waals surface area contributed by atoms with Crippen molar-refractivity contribution in [2.45, 2.75) is 51.6 Å². The molecule has 0 radical (unpaired) electrons. The van der Waals surface area contributed by atoms with Crippen LogP contribution in [0.2, 0.25) is 5.28 Å². The highest BCUT2D eigenvalue weighted by Crippen LogP contribution is 2.21. The van der Waals surface area contributed by atoms with Crippen molar-refractivity contribution >= 4 is 40.3 Å². The van der Waals surface area contributed by atoms with E-state index in [2.05, 4.69) is 32.2 Å². The minimum absolute atomic E-state index is 0.0487. The van der Waals surface area contributed by atoms with Crippen LogP contribution in [0.25, 0.3) is 11.2 Å². The molecular formula is C19H23ClN6OS. The van der Waals surface area contributed by atoms with E-state index in [4.69, 9.17) is 11.6 Å². The second kappa shape index (κ2) is 8.87. The molecule has 3 aromatic rings. The highest BCUT2D eigenvalue weighted by Gasteiger charge is 2.18. The lowest BCUT2D eigenvalue weighted by atomic mass is 10.2. The van der Waals surface area contributed by atoms with Crippen LogP contribution < -0.4 is 10.9 Å². The zero-order chi connectivity index (χ0) is 20.3. The summed E-state index contributed by atoms with van der Waals surface area (Å²) < 4.78 is 1.64. The topological polar surface area (TPSA) is 85.6 Å². The van der Waals surface area contributed by atoms with Crippen molar-refractivity contribution in [3.05, 3.63) is 45.4 Å². The normalized spacial score (nSPS) is 12.3. The van der Waals surface area contributed by atoms with Crippen LogP contribution in [0.3, 0.4) is 0 Å². The van der Waals surface area contributed by atoms with E-state index in [1.165, 1.54) is 0 Å². The van der Waals surface area contributed by atoms with E-state index in [0.29, 0.717) is 23.4 Å². The summed E-state index contributed by atoms with van der Waals surface area (Å²) in [4.78, 5) is 31.6. The predicted molar refractivity (Wildman–Crippen MR) is 114 cm³/mol. The Morgan fingerprint density at radius 2 is 2.04 bits per heavy atom. The molecule has 148 valence electrons. The number of hydrogen-bond acceptors (Lipinski definition) is 7. The van der Waals surface area contributed by atoms with Crippen LogP contribution in [0.15, 0.2) is 28.0 Å². The average Bonchev–Trinajstić information content (AvgIpc) is 2.67. The number of hydrogen-bond donors (Lipinski definition) is 1. The van der Waals surface area contributed by atoms with Gasteiger partial charge >= 0.3 is 0 Å². The van der Waals surface area contributed by atoms with Gasteiger partial charge in [-0.05, 0) is 49.8 Å². The van der Waals surface area contributed by atoms with Crippen molar-refractivity contribution in [2.75, 3.05) is 11.1 Å². The minimum Gasteiger partial charge on any atom is -0.360 e. The Kier molecular flexibility index (Phi) is 6.51. The standard InChI is InChI=1S/C19H23ClN6OS/c1-5-11(3)26-17-15(12(4)23-19(20)25-17)24-16(18(26)27)22-9-13-7-8-14(10-21-13)28-6-2/h7-8,10-11H,5-6,9H2,1-4H3,(H,22,24)/t11-/m1/s1. The largest absolute Gasteiger partial charge is 0.360 e. The van der Waals surface area contributed by atoms with Gasteiger partial charge in [0.05, 0.1) is 17.9 Å². The first-order valence-electron chi connectivity index (χ1n) is 9.22. The molecule has 0 fully saturated rings. The Bertz CT molecular complexity index is 1040. The number of aryl methyl sites for hydroxylation is 1. The molecule has 3 rings (SSSR count).